The second-order valence-corrected chi connectivity index (χ2v) is 6.76. The van der Waals surface area contributed by atoms with Crippen molar-refractivity contribution in [2.45, 2.75) is 31.7 Å². The molecule has 2 heterocycles. The average molecular weight is 317 g/mol. The van der Waals surface area contributed by atoms with Crippen molar-refractivity contribution in [1.29, 1.82) is 0 Å². The van der Waals surface area contributed by atoms with Crippen LogP contribution in [0.3, 0.4) is 0 Å². The van der Waals surface area contributed by atoms with Crippen LogP contribution >= 0.6 is 0 Å². The summed E-state index contributed by atoms with van der Waals surface area (Å²) in [6, 6.07) is 9.05. The van der Waals surface area contributed by atoms with Crippen molar-refractivity contribution in [3.8, 4) is 5.75 Å². The molecule has 0 aliphatic carbocycles. The molecule has 0 radical (unpaired) electrons. The zero-order valence-corrected chi connectivity index (χ0v) is 14.5. The predicted octanol–water partition coefficient (Wildman–Crippen LogP) is 2.52. The van der Waals surface area contributed by atoms with Crippen LogP contribution in [-0.4, -0.2) is 62.7 Å². The van der Waals surface area contributed by atoms with Crippen LogP contribution in [-0.2, 0) is 0 Å². The number of rotatable bonds is 5. The van der Waals surface area contributed by atoms with Gasteiger partial charge in [-0.3, -0.25) is 9.80 Å². The molecule has 1 aromatic carbocycles. The number of hydrogen-bond donors (Lipinski definition) is 1. The lowest BCUT2D eigenvalue weighted by Crippen LogP contribution is -2.47. The summed E-state index contributed by atoms with van der Waals surface area (Å²) in [5.74, 6) is 1.04. The summed E-state index contributed by atoms with van der Waals surface area (Å²) in [6.07, 6.45) is 5.41. The van der Waals surface area contributed by atoms with Gasteiger partial charge in [-0.1, -0.05) is 31.0 Å². The number of ether oxygens (including phenoxy) is 1. The van der Waals surface area contributed by atoms with Crippen molar-refractivity contribution in [1.82, 2.24) is 15.1 Å². The molecular formula is C19H31N3O. The average Bonchev–Trinajstić information content (AvgIpc) is 2.90. The Morgan fingerprint density at radius 1 is 1.00 bits per heavy atom. The van der Waals surface area contributed by atoms with E-state index in [1.807, 2.05) is 0 Å². The maximum atomic E-state index is 5.68. The second-order valence-electron chi connectivity index (χ2n) is 6.76. The first-order chi connectivity index (χ1) is 11.4. The zero-order chi connectivity index (χ0) is 15.9. The fourth-order valence-electron chi connectivity index (χ4n) is 3.90. The maximum Gasteiger partial charge on any atom is 0.123 e. The third-order valence-electron chi connectivity index (χ3n) is 5.22. The van der Waals surface area contributed by atoms with E-state index in [0.29, 0.717) is 6.04 Å². The third-order valence-corrected chi connectivity index (χ3v) is 5.22. The molecule has 0 amide bonds. The zero-order valence-electron chi connectivity index (χ0n) is 14.5. The molecule has 3 rings (SSSR count). The van der Waals surface area contributed by atoms with E-state index in [1.54, 1.807) is 7.11 Å². The summed E-state index contributed by atoms with van der Waals surface area (Å²) in [5, 5.41) is 3.46. The van der Waals surface area contributed by atoms with Gasteiger partial charge in [0, 0.05) is 38.3 Å². The number of nitrogens with zero attached hydrogens (tertiary/aromatic N) is 2. The molecule has 2 aliphatic heterocycles. The lowest BCUT2D eigenvalue weighted by atomic mass is 10.0. The molecule has 2 fully saturated rings. The van der Waals surface area contributed by atoms with Gasteiger partial charge in [0.2, 0.25) is 0 Å². The van der Waals surface area contributed by atoms with Crippen LogP contribution in [0, 0.1) is 0 Å². The number of methoxy groups -OCH3 is 1. The standard InChI is InChI=1S/C19H31N3O/c1-23-19-9-5-4-8-17(19)18(16-21-14-10-20-11-15-21)22-12-6-2-3-7-13-22/h4-5,8-9,18,20H,2-3,6-7,10-16H2,1H3. The van der Waals surface area contributed by atoms with E-state index in [9.17, 15) is 0 Å². The van der Waals surface area contributed by atoms with Gasteiger partial charge in [0.25, 0.3) is 0 Å². The Kier molecular flexibility index (Phi) is 6.31. The third kappa shape index (κ3) is 4.46. The van der Waals surface area contributed by atoms with E-state index in [1.165, 1.54) is 44.3 Å². The number of piperazine rings is 1. The van der Waals surface area contributed by atoms with Crippen LogP contribution in [0.15, 0.2) is 24.3 Å². The van der Waals surface area contributed by atoms with Crippen molar-refractivity contribution in [3.05, 3.63) is 29.8 Å². The van der Waals surface area contributed by atoms with Crippen LogP contribution in [0.2, 0.25) is 0 Å². The Morgan fingerprint density at radius 3 is 2.39 bits per heavy atom. The van der Waals surface area contributed by atoms with Gasteiger partial charge in [-0.15, -0.1) is 0 Å². The van der Waals surface area contributed by atoms with Gasteiger partial charge in [0.15, 0.2) is 0 Å². The smallest absolute Gasteiger partial charge is 0.123 e. The number of hydrogen-bond acceptors (Lipinski definition) is 4. The Bertz CT molecular complexity index is 465. The SMILES string of the molecule is COc1ccccc1C(CN1CCNCC1)N1CCCCCC1. The van der Waals surface area contributed by atoms with Gasteiger partial charge in [0.05, 0.1) is 13.2 Å². The lowest BCUT2D eigenvalue weighted by Gasteiger charge is -2.37. The van der Waals surface area contributed by atoms with Gasteiger partial charge < -0.3 is 10.1 Å². The fraction of sp³-hybridized carbons (Fsp3) is 0.684. The Labute approximate surface area is 140 Å². The number of para-hydroxylation sites is 1. The quantitative estimate of drug-likeness (QED) is 0.903. The van der Waals surface area contributed by atoms with Crippen LogP contribution in [0.1, 0.15) is 37.3 Å². The van der Waals surface area contributed by atoms with E-state index >= 15 is 0 Å². The number of benzene rings is 1. The largest absolute Gasteiger partial charge is 0.496 e. The highest BCUT2D eigenvalue weighted by Crippen LogP contribution is 2.31. The monoisotopic (exact) mass is 317 g/mol. The molecule has 1 aromatic rings. The molecule has 1 atom stereocenters. The Morgan fingerprint density at radius 2 is 1.70 bits per heavy atom. The highest BCUT2D eigenvalue weighted by molar-refractivity contribution is 5.36. The Hall–Kier alpha value is -1.10. The maximum absolute atomic E-state index is 5.68. The Balaban J connectivity index is 1.81. The molecule has 23 heavy (non-hydrogen) atoms. The molecule has 1 unspecified atom stereocenters. The van der Waals surface area contributed by atoms with Crippen molar-refractivity contribution in [2.24, 2.45) is 0 Å². The van der Waals surface area contributed by atoms with Gasteiger partial charge in [-0.05, 0) is 32.0 Å². The number of likely N-dealkylation sites (tertiary alicyclic amines) is 1. The topological polar surface area (TPSA) is 27.7 Å². The molecule has 4 nitrogen and oxygen atoms in total. The van der Waals surface area contributed by atoms with E-state index in [0.717, 1.165) is 38.5 Å². The molecule has 1 N–H and O–H groups in total. The second kappa shape index (κ2) is 8.67. The predicted molar refractivity (Wildman–Crippen MR) is 95.1 cm³/mol. The minimum Gasteiger partial charge on any atom is -0.496 e. The van der Waals surface area contributed by atoms with Crippen molar-refractivity contribution in [3.63, 3.8) is 0 Å². The molecule has 2 saturated heterocycles. The lowest BCUT2D eigenvalue weighted by molar-refractivity contribution is 0.130. The van der Waals surface area contributed by atoms with Gasteiger partial charge >= 0.3 is 0 Å². The summed E-state index contributed by atoms with van der Waals surface area (Å²) >= 11 is 0. The van der Waals surface area contributed by atoms with Gasteiger partial charge in [0.1, 0.15) is 5.75 Å². The molecule has 4 heteroatoms. The minimum atomic E-state index is 0.447. The van der Waals surface area contributed by atoms with E-state index in [-0.39, 0.29) is 0 Å². The molecule has 0 aromatic heterocycles. The van der Waals surface area contributed by atoms with Crippen LogP contribution in [0.4, 0.5) is 0 Å². The van der Waals surface area contributed by atoms with E-state index in [2.05, 4.69) is 39.4 Å². The van der Waals surface area contributed by atoms with Crippen LogP contribution in [0.25, 0.3) is 0 Å². The highest BCUT2D eigenvalue weighted by Gasteiger charge is 2.26. The summed E-state index contributed by atoms with van der Waals surface area (Å²) in [4.78, 5) is 5.31. The van der Waals surface area contributed by atoms with E-state index < -0.39 is 0 Å². The molecule has 0 bridgehead atoms. The normalized spacial score (nSPS) is 22.5. The van der Waals surface area contributed by atoms with E-state index in [4.69, 9.17) is 4.74 Å². The van der Waals surface area contributed by atoms with Crippen molar-refractivity contribution >= 4 is 0 Å². The summed E-state index contributed by atoms with van der Waals surface area (Å²) in [7, 11) is 1.79. The van der Waals surface area contributed by atoms with Crippen molar-refractivity contribution in [2.75, 3.05) is 52.9 Å². The summed E-state index contributed by atoms with van der Waals surface area (Å²) < 4.78 is 5.68. The molecule has 0 spiro atoms. The number of nitrogens with one attached hydrogen (secondary N) is 1. The molecule has 128 valence electrons. The van der Waals surface area contributed by atoms with Crippen LogP contribution < -0.4 is 10.1 Å². The highest BCUT2D eigenvalue weighted by atomic mass is 16.5. The first-order valence-electron chi connectivity index (χ1n) is 9.18. The molecular weight excluding hydrogens is 286 g/mol. The van der Waals surface area contributed by atoms with Gasteiger partial charge in [-0.2, -0.15) is 0 Å². The summed E-state index contributed by atoms with van der Waals surface area (Å²) in [6.45, 7) is 8.07. The molecule has 2 aliphatic rings. The van der Waals surface area contributed by atoms with Crippen molar-refractivity contribution < 1.29 is 4.74 Å². The first kappa shape index (κ1) is 16.7. The first-order valence-corrected chi connectivity index (χ1v) is 9.18. The summed E-state index contributed by atoms with van der Waals surface area (Å²) in [5.41, 5.74) is 1.36. The minimum absolute atomic E-state index is 0.447. The molecule has 0 saturated carbocycles. The van der Waals surface area contributed by atoms with Crippen LogP contribution in [0.5, 0.6) is 5.75 Å². The fourth-order valence-corrected chi connectivity index (χ4v) is 3.90. The van der Waals surface area contributed by atoms with Gasteiger partial charge in [-0.25, -0.2) is 0 Å².